The molecule has 1 N–H and O–H groups in total. The molecule has 194 valence electrons. The number of benzene rings is 2. The quantitative estimate of drug-likeness (QED) is 0.229. The molecule has 4 rings (SSSR count). The number of nitro groups is 1. The van der Waals surface area contributed by atoms with Gasteiger partial charge in [-0.3, -0.25) is 14.9 Å². The summed E-state index contributed by atoms with van der Waals surface area (Å²) in [6, 6.07) is 7.91. The maximum Gasteiger partial charge on any atom is 0.344 e. The molecule has 3 aromatic rings. The number of ether oxygens (including phenoxy) is 2. The molecule has 1 aliphatic carbocycles. The van der Waals surface area contributed by atoms with Gasteiger partial charge in [-0.05, 0) is 44.0 Å². The second kappa shape index (κ2) is 11.1. The van der Waals surface area contributed by atoms with Gasteiger partial charge in [0.2, 0.25) is 5.75 Å². The van der Waals surface area contributed by atoms with Gasteiger partial charge < -0.3 is 14.6 Å². The smallest absolute Gasteiger partial charge is 0.344 e. The first-order valence-corrected chi connectivity index (χ1v) is 12.5. The van der Waals surface area contributed by atoms with Crippen molar-refractivity contribution >= 4 is 44.7 Å². The largest absolute Gasteiger partial charge is 0.493 e. The number of hydrogen-bond acceptors (Lipinski definition) is 8. The fraction of sp³-hybridized carbons (Fsp3) is 0.360. The Morgan fingerprint density at radius 3 is 2.68 bits per heavy atom. The Balaban J connectivity index is 1.83. The van der Waals surface area contributed by atoms with Gasteiger partial charge in [0, 0.05) is 22.0 Å². The summed E-state index contributed by atoms with van der Waals surface area (Å²) in [7, 11) is 1.29. The lowest BCUT2D eigenvalue weighted by Crippen LogP contribution is -2.25. The normalized spacial score (nSPS) is 15.1. The minimum Gasteiger partial charge on any atom is -0.493 e. The average molecular weight is 573 g/mol. The highest BCUT2D eigenvalue weighted by Crippen LogP contribution is 2.39. The molecule has 0 amide bonds. The van der Waals surface area contributed by atoms with Crippen molar-refractivity contribution in [1.82, 2.24) is 9.66 Å². The van der Waals surface area contributed by atoms with Crippen LogP contribution in [0.1, 0.15) is 56.3 Å². The summed E-state index contributed by atoms with van der Waals surface area (Å²) in [6.45, 7) is 1.26. The highest BCUT2D eigenvalue weighted by atomic mass is 79.9. The number of aliphatic carboxylic acids is 1. The number of aromatic nitrogens is 2. The van der Waals surface area contributed by atoms with E-state index >= 15 is 0 Å². The summed E-state index contributed by atoms with van der Waals surface area (Å²) in [5, 5.41) is 25.7. The highest BCUT2D eigenvalue weighted by molar-refractivity contribution is 9.10. The minimum absolute atomic E-state index is 0.0378. The van der Waals surface area contributed by atoms with Crippen molar-refractivity contribution in [2.45, 2.75) is 51.0 Å². The van der Waals surface area contributed by atoms with E-state index in [9.17, 15) is 19.7 Å². The van der Waals surface area contributed by atoms with Gasteiger partial charge in [0.15, 0.2) is 11.9 Å². The number of fused-ring (bicyclic) bond motifs is 1. The average Bonchev–Trinajstić information content (AvgIpc) is 2.89. The first kappa shape index (κ1) is 26.3. The van der Waals surface area contributed by atoms with Gasteiger partial charge in [-0.15, -0.1) is 0 Å². The summed E-state index contributed by atoms with van der Waals surface area (Å²) < 4.78 is 12.5. The Kier molecular flexibility index (Phi) is 7.86. The third-order valence-electron chi connectivity index (χ3n) is 6.24. The van der Waals surface area contributed by atoms with E-state index in [4.69, 9.17) is 19.6 Å². The van der Waals surface area contributed by atoms with Crippen molar-refractivity contribution in [2.24, 2.45) is 5.10 Å². The standard InChI is InChI=1S/C25H25BrN4O7/c1-14(25(32)33)37-22-20(30(34)35)10-15(11-21(22)36-2)13-27-29-23(16-6-4-3-5-7-16)28-19-9-8-17(26)12-18(19)24(29)31/h8-14,16H,3-7H2,1-2H3,(H,32,33)/t14-/m1/s1. The van der Waals surface area contributed by atoms with Crippen molar-refractivity contribution in [3.63, 3.8) is 0 Å². The van der Waals surface area contributed by atoms with Crippen molar-refractivity contribution in [3.8, 4) is 11.5 Å². The molecule has 1 aliphatic rings. The number of methoxy groups -OCH3 is 1. The summed E-state index contributed by atoms with van der Waals surface area (Å²) >= 11 is 3.39. The summed E-state index contributed by atoms with van der Waals surface area (Å²) in [5.41, 5.74) is -0.00423. The van der Waals surface area contributed by atoms with Crippen LogP contribution in [0.3, 0.4) is 0 Å². The third kappa shape index (κ3) is 5.63. The zero-order chi connectivity index (χ0) is 26.7. The lowest BCUT2D eigenvalue weighted by atomic mass is 9.88. The number of nitrogens with zero attached hydrogens (tertiary/aromatic N) is 4. The van der Waals surface area contributed by atoms with Gasteiger partial charge in [0.05, 0.1) is 29.2 Å². The number of carbonyl (C=O) groups is 1. The predicted octanol–water partition coefficient (Wildman–Crippen LogP) is 4.86. The molecule has 37 heavy (non-hydrogen) atoms. The van der Waals surface area contributed by atoms with Crippen LogP contribution in [0.5, 0.6) is 11.5 Å². The molecule has 0 aliphatic heterocycles. The number of carboxylic acids is 1. The molecule has 1 fully saturated rings. The van der Waals surface area contributed by atoms with Crippen molar-refractivity contribution < 1.29 is 24.3 Å². The molecular formula is C25H25BrN4O7. The van der Waals surface area contributed by atoms with Gasteiger partial charge in [-0.2, -0.15) is 9.78 Å². The van der Waals surface area contributed by atoms with Crippen LogP contribution in [-0.2, 0) is 4.79 Å². The van der Waals surface area contributed by atoms with E-state index in [2.05, 4.69) is 21.0 Å². The summed E-state index contributed by atoms with van der Waals surface area (Å²) in [5.74, 6) is -1.02. The molecule has 0 radical (unpaired) electrons. The Bertz CT molecular complexity index is 1450. The first-order valence-electron chi connectivity index (χ1n) is 11.7. The van der Waals surface area contributed by atoms with Crippen molar-refractivity contribution in [2.75, 3.05) is 7.11 Å². The lowest BCUT2D eigenvalue weighted by Gasteiger charge is -2.22. The maximum atomic E-state index is 13.5. The molecule has 1 saturated carbocycles. The lowest BCUT2D eigenvalue weighted by molar-refractivity contribution is -0.386. The summed E-state index contributed by atoms with van der Waals surface area (Å²) in [4.78, 5) is 40.6. The molecule has 2 aromatic carbocycles. The van der Waals surface area contributed by atoms with Crippen LogP contribution in [-0.4, -0.2) is 45.1 Å². The molecule has 11 nitrogen and oxygen atoms in total. The fourth-order valence-electron chi connectivity index (χ4n) is 4.34. The van der Waals surface area contributed by atoms with Crippen LogP contribution in [0.4, 0.5) is 5.69 Å². The van der Waals surface area contributed by atoms with Crippen molar-refractivity contribution in [3.05, 3.63) is 66.7 Å². The zero-order valence-corrected chi connectivity index (χ0v) is 21.8. The second-order valence-electron chi connectivity index (χ2n) is 8.75. The molecular weight excluding hydrogens is 548 g/mol. The Morgan fingerprint density at radius 2 is 2.03 bits per heavy atom. The molecule has 1 aromatic heterocycles. The van der Waals surface area contributed by atoms with Crippen LogP contribution in [0.25, 0.3) is 10.9 Å². The Hall–Kier alpha value is -3.80. The van der Waals surface area contributed by atoms with Crippen molar-refractivity contribution in [1.29, 1.82) is 0 Å². The first-order chi connectivity index (χ1) is 17.7. The van der Waals surface area contributed by atoms with E-state index in [1.165, 1.54) is 37.1 Å². The van der Waals surface area contributed by atoms with E-state index in [-0.39, 0.29) is 28.5 Å². The van der Waals surface area contributed by atoms with Crippen LogP contribution in [0.15, 0.2) is 44.7 Å². The maximum absolute atomic E-state index is 13.5. The van der Waals surface area contributed by atoms with Crippen LogP contribution in [0.2, 0.25) is 0 Å². The second-order valence-corrected chi connectivity index (χ2v) is 9.67. The number of nitro benzene ring substituents is 1. The predicted molar refractivity (Wildman–Crippen MR) is 140 cm³/mol. The Morgan fingerprint density at radius 1 is 1.30 bits per heavy atom. The topological polar surface area (TPSA) is 146 Å². The van der Waals surface area contributed by atoms with E-state index in [0.717, 1.165) is 36.6 Å². The highest BCUT2D eigenvalue weighted by Gasteiger charge is 2.27. The van der Waals surface area contributed by atoms with Gasteiger partial charge in [-0.1, -0.05) is 35.2 Å². The van der Waals surface area contributed by atoms with Gasteiger partial charge in [0.1, 0.15) is 5.82 Å². The van der Waals surface area contributed by atoms with E-state index in [1.54, 1.807) is 12.1 Å². The molecule has 1 heterocycles. The molecule has 0 saturated heterocycles. The molecule has 0 unspecified atom stereocenters. The minimum atomic E-state index is -1.34. The van der Waals surface area contributed by atoms with E-state index in [0.29, 0.717) is 16.7 Å². The number of halogens is 1. The SMILES string of the molecule is COc1cc(C=Nn2c(C3CCCCC3)nc3ccc(Br)cc3c2=O)cc([N+](=O)[O-])c1O[C@H](C)C(=O)O. The van der Waals surface area contributed by atoms with Crippen LogP contribution in [0, 0.1) is 10.1 Å². The zero-order valence-electron chi connectivity index (χ0n) is 20.2. The van der Waals surface area contributed by atoms with Crippen LogP contribution >= 0.6 is 15.9 Å². The van der Waals surface area contributed by atoms with E-state index < -0.39 is 22.7 Å². The third-order valence-corrected chi connectivity index (χ3v) is 6.74. The van der Waals surface area contributed by atoms with Crippen LogP contribution < -0.4 is 15.0 Å². The summed E-state index contributed by atoms with van der Waals surface area (Å²) in [6.07, 6.45) is 4.94. The molecule has 0 bridgehead atoms. The molecule has 0 spiro atoms. The fourth-order valence-corrected chi connectivity index (χ4v) is 4.70. The monoisotopic (exact) mass is 572 g/mol. The molecule has 12 heteroatoms. The van der Waals surface area contributed by atoms with Gasteiger partial charge in [0.25, 0.3) is 5.56 Å². The van der Waals surface area contributed by atoms with Gasteiger partial charge in [-0.25, -0.2) is 9.78 Å². The Labute approximate surface area is 220 Å². The number of hydrogen-bond donors (Lipinski definition) is 1. The van der Waals surface area contributed by atoms with E-state index in [1.807, 2.05) is 6.07 Å². The molecule has 1 atom stereocenters. The number of carboxylic acid groups (broad SMARTS) is 1. The van der Waals surface area contributed by atoms with Gasteiger partial charge >= 0.3 is 11.7 Å². The number of rotatable bonds is 8.